The lowest BCUT2D eigenvalue weighted by Crippen LogP contribution is -2.44. The summed E-state index contributed by atoms with van der Waals surface area (Å²) in [7, 11) is 1.74. The number of hydrogen-bond donors (Lipinski definition) is 0. The van der Waals surface area contributed by atoms with Crippen molar-refractivity contribution in [2.45, 2.75) is 56.7 Å². The van der Waals surface area contributed by atoms with E-state index >= 15 is 0 Å². The Hall–Kier alpha value is -1.42. The number of nitrogens with zero attached hydrogens (tertiary/aromatic N) is 1. The Balaban J connectivity index is 1.70. The van der Waals surface area contributed by atoms with Crippen LogP contribution in [0.15, 0.2) is 29.7 Å². The molecular formula is C20H27NO2S. The minimum absolute atomic E-state index is 0.294. The Morgan fingerprint density at radius 2 is 2.29 bits per heavy atom. The monoisotopic (exact) mass is 345 g/mol. The third-order valence-electron chi connectivity index (χ3n) is 5.15. The zero-order chi connectivity index (χ0) is 16.9. The first-order valence-corrected chi connectivity index (χ1v) is 9.92. The number of thioether (sulfide) groups is 1. The topological polar surface area (TPSA) is 29.5 Å². The van der Waals surface area contributed by atoms with E-state index in [0.29, 0.717) is 23.6 Å². The number of hydrogen-bond acceptors (Lipinski definition) is 3. The minimum atomic E-state index is 0.294. The Morgan fingerprint density at radius 1 is 1.42 bits per heavy atom. The highest BCUT2D eigenvalue weighted by Gasteiger charge is 2.28. The molecule has 1 aromatic rings. The Kier molecular flexibility index (Phi) is 5.88. The molecule has 1 aliphatic heterocycles. The molecular weight excluding hydrogens is 318 g/mol. The van der Waals surface area contributed by atoms with Crippen LogP contribution in [0.5, 0.6) is 5.75 Å². The van der Waals surface area contributed by atoms with E-state index in [1.54, 1.807) is 7.11 Å². The van der Waals surface area contributed by atoms with Gasteiger partial charge in [-0.3, -0.25) is 4.79 Å². The first-order chi connectivity index (χ1) is 11.7. The molecule has 0 N–H and O–H groups in total. The molecule has 4 heteroatoms. The van der Waals surface area contributed by atoms with Gasteiger partial charge in [0.15, 0.2) is 0 Å². The lowest BCUT2D eigenvalue weighted by atomic mass is 9.86. The predicted octanol–water partition coefficient (Wildman–Crippen LogP) is 4.20. The van der Waals surface area contributed by atoms with Gasteiger partial charge in [-0.05, 0) is 54.7 Å². The van der Waals surface area contributed by atoms with Crippen molar-refractivity contribution in [1.29, 1.82) is 0 Å². The van der Waals surface area contributed by atoms with E-state index in [1.165, 1.54) is 11.1 Å². The molecule has 2 unspecified atom stereocenters. The lowest BCUT2D eigenvalue weighted by molar-refractivity contribution is -0.133. The number of carbonyl (C=O) groups excluding carboxylic acids is 1. The van der Waals surface area contributed by atoms with Crippen molar-refractivity contribution in [2.24, 2.45) is 0 Å². The maximum atomic E-state index is 12.5. The number of amides is 1. The molecule has 2 atom stereocenters. The van der Waals surface area contributed by atoms with E-state index in [2.05, 4.69) is 28.5 Å². The maximum absolute atomic E-state index is 12.5. The smallest absolute Gasteiger partial charge is 0.222 e. The van der Waals surface area contributed by atoms with E-state index in [9.17, 15) is 4.79 Å². The molecule has 1 amide bonds. The van der Waals surface area contributed by atoms with Crippen LogP contribution in [-0.2, 0) is 17.6 Å². The van der Waals surface area contributed by atoms with Gasteiger partial charge in [-0.1, -0.05) is 25.1 Å². The first kappa shape index (κ1) is 17.4. The molecule has 0 radical (unpaired) electrons. The Labute approximate surface area is 149 Å². The summed E-state index contributed by atoms with van der Waals surface area (Å²) >= 11 is 1.91. The van der Waals surface area contributed by atoms with Crippen LogP contribution in [0.25, 0.3) is 0 Å². The highest BCUT2D eigenvalue weighted by molar-refractivity contribution is 8.03. The number of benzene rings is 1. The second-order valence-electron chi connectivity index (χ2n) is 6.59. The predicted molar refractivity (Wildman–Crippen MR) is 101 cm³/mol. The van der Waals surface area contributed by atoms with E-state index in [1.807, 2.05) is 24.8 Å². The van der Waals surface area contributed by atoms with E-state index in [4.69, 9.17) is 4.74 Å². The van der Waals surface area contributed by atoms with E-state index in [-0.39, 0.29) is 0 Å². The fraction of sp³-hybridized carbons (Fsp3) is 0.550. The average molecular weight is 346 g/mol. The van der Waals surface area contributed by atoms with Crippen LogP contribution >= 0.6 is 11.8 Å². The van der Waals surface area contributed by atoms with Crippen molar-refractivity contribution in [3.8, 4) is 5.75 Å². The standard InChI is InChI=1S/C20H27NO2S/c1-3-20(22)21(12-11-17-7-5-13-24-17)16-9-10-18-15(14-16)6-4-8-19(18)23-2/h4-6,8,13,16-17H,3,7,9-12,14H2,1-2H3. The SMILES string of the molecule is CCC(=O)N(CCC1CC=CS1)C1CCc2c(cccc2OC)C1. The second kappa shape index (κ2) is 8.11. The summed E-state index contributed by atoms with van der Waals surface area (Å²) in [4.78, 5) is 14.7. The number of fused-ring (bicyclic) bond motifs is 1. The van der Waals surface area contributed by atoms with Crippen molar-refractivity contribution in [3.05, 3.63) is 40.8 Å². The largest absolute Gasteiger partial charge is 0.496 e. The fourth-order valence-corrected chi connectivity index (χ4v) is 4.73. The summed E-state index contributed by atoms with van der Waals surface area (Å²) in [6.07, 6.45) is 8.05. The van der Waals surface area contributed by atoms with Gasteiger partial charge in [0, 0.05) is 24.3 Å². The van der Waals surface area contributed by atoms with E-state index < -0.39 is 0 Å². The summed E-state index contributed by atoms with van der Waals surface area (Å²) in [6.45, 7) is 2.86. The van der Waals surface area contributed by atoms with Crippen LogP contribution in [0.3, 0.4) is 0 Å². The summed E-state index contributed by atoms with van der Waals surface area (Å²) in [5.41, 5.74) is 2.67. The molecule has 24 heavy (non-hydrogen) atoms. The fourth-order valence-electron chi connectivity index (χ4n) is 3.82. The van der Waals surface area contributed by atoms with Crippen molar-refractivity contribution in [3.63, 3.8) is 0 Å². The molecule has 0 spiro atoms. The Bertz CT molecular complexity index is 606. The lowest BCUT2D eigenvalue weighted by Gasteiger charge is -2.36. The van der Waals surface area contributed by atoms with Gasteiger partial charge in [0.05, 0.1) is 7.11 Å². The number of methoxy groups -OCH3 is 1. The Morgan fingerprint density at radius 3 is 3.00 bits per heavy atom. The normalized spacial score (nSPS) is 22.2. The van der Waals surface area contributed by atoms with Gasteiger partial charge >= 0.3 is 0 Å². The molecule has 0 bridgehead atoms. The second-order valence-corrected chi connectivity index (χ2v) is 7.80. The third kappa shape index (κ3) is 3.80. The number of carbonyl (C=O) groups is 1. The van der Waals surface area contributed by atoms with Crippen molar-refractivity contribution < 1.29 is 9.53 Å². The number of allylic oxidation sites excluding steroid dienone is 1. The molecule has 0 saturated carbocycles. The van der Waals surface area contributed by atoms with Crippen LogP contribution < -0.4 is 4.74 Å². The highest BCUT2D eigenvalue weighted by Crippen LogP contribution is 2.32. The van der Waals surface area contributed by atoms with Crippen LogP contribution in [0, 0.1) is 0 Å². The average Bonchev–Trinajstić information content (AvgIpc) is 3.14. The summed E-state index contributed by atoms with van der Waals surface area (Å²) < 4.78 is 5.50. The van der Waals surface area contributed by atoms with Gasteiger partial charge in [-0.25, -0.2) is 0 Å². The summed E-state index contributed by atoms with van der Waals surface area (Å²) in [6, 6.07) is 6.62. The van der Waals surface area contributed by atoms with Gasteiger partial charge in [0.25, 0.3) is 0 Å². The van der Waals surface area contributed by atoms with Crippen LogP contribution in [0.1, 0.15) is 43.7 Å². The molecule has 0 fully saturated rings. The zero-order valence-electron chi connectivity index (χ0n) is 14.7. The van der Waals surface area contributed by atoms with Crippen LogP contribution in [0.4, 0.5) is 0 Å². The molecule has 3 nitrogen and oxygen atoms in total. The maximum Gasteiger partial charge on any atom is 0.222 e. The molecule has 3 rings (SSSR count). The zero-order valence-corrected chi connectivity index (χ0v) is 15.5. The summed E-state index contributed by atoms with van der Waals surface area (Å²) in [5.74, 6) is 1.29. The number of ether oxygens (including phenoxy) is 1. The van der Waals surface area contributed by atoms with Gasteiger partial charge < -0.3 is 9.64 Å². The van der Waals surface area contributed by atoms with Crippen molar-refractivity contribution in [1.82, 2.24) is 4.90 Å². The molecule has 0 saturated heterocycles. The molecule has 130 valence electrons. The van der Waals surface area contributed by atoms with Crippen molar-refractivity contribution in [2.75, 3.05) is 13.7 Å². The van der Waals surface area contributed by atoms with Gasteiger partial charge in [0.1, 0.15) is 5.75 Å². The minimum Gasteiger partial charge on any atom is -0.496 e. The number of rotatable bonds is 6. The van der Waals surface area contributed by atoms with E-state index in [0.717, 1.165) is 44.4 Å². The van der Waals surface area contributed by atoms with Gasteiger partial charge in [-0.2, -0.15) is 0 Å². The van der Waals surface area contributed by atoms with Gasteiger partial charge in [-0.15, -0.1) is 11.8 Å². The molecule has 1 aliphatic carbocycles. The molecule has 1 aromatic carbocycles. The quantitative estimate of drug-likeness (QED) is 0.774. The first-order valence-electron chi connectivity index (χ1n) is 8.97. The molecule has 0 aromatic heterocycles. The van der Waals surface area contributed by atoms with Crippen LogP contribution in [0.2, 0.25) is 0 Å². The molecule has 2 aliphatic rings. The highest BCUT2D eigenvalue weighted by atomic mass is 32.2. The third-order valence-corrected chi connectivity index (χ3v) is 6.32. The molecule has 1 heterocycles. The summed E-state index contributed by atoms with van der Waals surface area (Å²) in [5, 5.41) is 2.84. The van der Waals surface area contributed by atoms with Crippen molar-refractivity contribution >= 4 is 17.7 Å². The van der Waals surface area contributed by atoms with Gasteiger partial charge in [0.2, 0.25) is 5.91 Å². The van der Waals surface area contributed by atoms with Crippen LogP contribution in [-0.4, -0.2) is 35.8 Å².